The van der Waals surface area contributed by atoms with Gasteiger partial charge < -0.3 is 23.9 Å². The lowest BCUT2D eigenvalue weighted by Gasteiger charge is -2.23. The van der Waals surface area contributed by atoms with E-state index in [4.69, 9.17) is 13.9 Å². The summed E-state index contributed by atoms with van der Waals surface area (Å²) in [5, 5.41) is 11.1. The van der Waals surface area contributed by atoms with Crippen molar-refractivity contribution in [3.05, 3.63) is 53.0 Å². The summed E-state index contributed by atoms with van der Waals surface area (Å²) < 4.78 is 16.3. The Morgan fingerprint density at radius 3 is 2.52 bits per heavy atom. The Hall–Kier alpha value is -3.22. The average molecular weight is 399 g/mol. The number of Topliss-reactive ketones (excluding diaryl/α,β-unsaturated/α-hetero) is 1. The number of hydrogen-bond acceptors (Lipinski definition) is 6. The van der Waals surface area contributed by atoms with Gasteiger partial charge in [0.1, 0.15) is 34.8 Å². The maximum absolute atomic E-state index is 12.9. The number of amides is 1. The summed E-state index contributed by atoms with van der Waals surface area (Å²) in [7, 11) is 2.98. The van der Waals surface area contributed by atoms with Crippen LogP contribution in [0.2, 0.25) is 0 Å². The lowest BCUT2D eigenvalue weighted by molar-refractivity contribution is -0.140. The lowest BCUT2D eigenvalue weighted by atomic mass is 9.98. The number of hydrogen-bond donors (Lipinski definition) is 1. The molecule has 1 unspecified atom stereocenters. The highest BCUT2D eigenvalue weighted by Crippen LogP contribution is 2.42. The van der Waals surface area contributed by atoms with Gasteiger partial charge in [-0.25, -0.2) is 0 Å². The first kappa shape index (κ1) is 20.5. The molecule has 1 aromatic heterocycles. The normalized spacial score (nSPS) is 18.3. The molecular weight excluding hydrogens is 374 g/mol. The highest BCUT2D eigenvalue weighted by Gasteiger charge is 2.47. The summed E-state index contributed by atoms with van der Waals surface area (Å²) >= 11 is 0. The molecule has 1 amide bonds. The standard InChI is InChI=1S/C22H25NO6/c1-5-6-11-23-19(16-10-7-13(2)29-16)18(21(25)22(23)26)20(24)15-9-8-14(27-3)12-17(15)28-4/h7-10,12,19,24H,5-6,11H2,1-4H3/b20-18-. The van der Waals surface area contributed by atoms with E-state index in [9.17, 15) is 14.7 Å². The molecule has 7 nitrogen and oxygen atoms in total. The third-order valence-corrected chi connectivity index (χ3v) is 4.99. The number of benzene rings is 1. The van der Waals surface area contributed by atoms with Gasteiger partial charge in [-0.2, -0.15) is 0 Å². The summed E-state index contributed by atoms with van der Waals surface area (Å²) in [5.41, 5.74) is 0.291. The molecule has 1 saturated heterocycles. The fraction of sp³-hybridized carbons (Fsp3) is 0.364. The van der Waals surface area contributed by atoms with Crippen LogP contribution in [0.25, 0.3) is 5.76 Å². The van der Waals surface area contributed by atoms with Gasteiger partial charge in [0.25, 0.3) is 11.7 Å². The lowest BCUT2D eigenvalue weighted by Crippen LogP contribution is -2.30. The van der Waals surface area contributed by atoms with Gasteiger partial charge in [0.2, 0.25) is 0 Å². The van der Waals surface area contributed by atoms with Crippen molar-refractivity contribution < 1.29 is 28.6 Å². The second kappa shape index (κ2) is 8.43. The Morgan fingerprint density at radius 2 is 1.93 bits per heavy atom. The number of aryl methyl sites for hydroxylation is 1. The number of methoxy groups -OCH3 is 2. The van der Waals surface area contributed by atoms with Crippen molar-refractivity contribution in [1.29, 1.82) is 0 Å². The highest BCUT2D eigenvalue weighted by molar-refractivity contribution is 6.46. The van der Waals surface area contributed by atoms with E-state index in [-0.39, 0.29) is 11.3 Å². The first-order valence-electron chi connectivity index (χ1n) is 9.50. The number of ketones is 1. The SMILES string of the molecule is CCCCN1C(=O)C(=O)/C(=C(\O)c2ccc(OC)cc2OC)C1c1ccc(C)o1. The second-order valence-corrected chi connectivity index (χ2v) is 6.86. The summed E-state index contributed by atoms with van der Waals surface area (Å²) in [6.45, 7) is 4.18. The maximum Gasteiger partial charge on any atom is 0.295 e. The van der Waals surface area contributed by atoms with Gasteiger partial charge in [0.15, 0.2) is 0 Å². The number of nitrogens with zero attached hydrogens (tertiary/aromatic N) is 1. The zero-order valence-electron chi connectivity index (χ0n) is 17.0. The topological polar surface area (TPSA) is 89.2 Å². The Labute approximate surface area is 169 Å². The third-order valence-electron chi connectivity index (χ3n) is 4.99. The predicted octanol–water partition coefficient (Wildman–Crippen LogP) is 3.83. The van der Waals surface area contributed by atoms with E-state index >= 15 is 0 Å². The Bertz CT molecular complexity index is 958. The molecule has 7 heteroatoms. The van der Waals surface area contributed by atoms with Crippen LogP contribution in [-0.2, 0) is 9.59 Å². The number of aliphatic hydroxyl groups excluding tert-OH is 1. The van der Waals surface area contributed by atoms with Crippen LogP contribution >= 0.6 is 0 Å². The molecule has 2 aromatic rings. The predicted molar refractivity (Wildman–Crippen MR) is 107 cm³/mol. The smallest absolute Gasteiger partial charge is 0.295 e. The molecule has 0 bridgehead atoms. The number of carbonyl (C=O) groups excluding carboxylic acids is 2. The first-order valence-corrected chi connectivity index (χ1v) is 9.50. The van der Waals surface area contributed by atoms with Crippen LogP contribution in [0.1, 0.15) is 42.9 Å². The minimum atomic E-state index is -0.790. The fourth-order valence-electron chi connectivity index (χ4n) is 3.47. The summed E-state index contributed by atoms with van der Waals surface area (Å²) in [6.07, 6.45) is 1.59. The summed E-state index contributed by atoms with van der Waals surface area (Å²) in [5.74, 6) is 0.272. The zero-order valence-corrected chi connectivity index (χ0v) is 17.0. The minimum Gasteiger partial charge on any atom is -0.507 e. The van der Waals surface area contributed by atoms with Gasteiger partial charge in [-0.3, -0.25) is 9.59 Å². The van der Waals surface area contributed by atoms with E-state index in [0.717, 1.165) is 12.8 Å². The molecule has 3 rings (SSSR count). The van der Waals surface area contributed by atoms with Crippen molar-refractivity contribution in [3.8, 4) is 11.5 Å². The van der Waals surface area contributed by atoms with Crippen LogP contribution in [0, 0.1) is 6.92 Å². The van der Waals surface area contributed by atoms with Gasteiger partial charge in [0.05, 0.1) is 25.4 Å². The van der Waals surface area contributed by atoms with Gasteiger partial charge in [-0.05, 0) is 37.6 Å². The van der Waals surface area contributed by atoms with Crippen molar-refractivity contribution >= 4 is 17.4 Å². The molecule has 29 heavy (non-hydrogen) atoms. The Kier molecular flexibility index (Phi) is 5.96. The molecule has 2 heterocycles. The van der Waals surface area contributed by atoms with Crippen LogP contribution in [0.5, 0.6) is 11.5 Å². The molecular formula is C22H25NO6. The van der Waals surface area contributed by atoms with E-state index in [1.54, 1.807) is 37.3 Å². The molecule has 0 spiro atoms. The van der Waals surface area contributed by atoms with Crippen molar-refractivity contribution in [1.82, 2.24) is 4.90 Å². The third kappa shape index (κ3) is 3.72. The van der Waals surface area contributed by atoms with E-state index in [1.165, 1.54) is 19.1 Å². The van der Waals surface area contributed by atoms with Gasteiger partial charge in [-0.15, -0.1) is 0 Å². The van der Waals surface area contributed by atoms with E-state index in [1.807, 2.05) is 6.92 Å². The molecule has 1 fully saturated rings. The molecule has 1 aliphatic heterocycles. The molecule has 1 atom stereocenters. The van der Waals surface area contributed by atoms with Crippen molar-refractivity contribution in [3.63, 3.8) is 0 Å². The number of furan rings is 1. The van der Waals surface area contributed by atoms with Crippen LogP contribution < -0.4 is 9.47 Å². The number of likely N-dealkylation sites (tertiary alicyclic amines) is 1. The summed E-state index contributed by atoms with van der Waals surface area (Å²) in [4.78, 5) is 27.1. The largest absolute Gasteiger partial charge is 0.507 e. The molecule has 1 N–H and O–H groups in total. The van der Waals surface area contributed by atoms with Crippen LogP contribution in [0.4, 0.5) is 0 Å². The van der Waals surface area contributed by atoms with Gasteiger partial charge >= 0.3 is 0 Å². The van der Waals surface area contributed by atoms with Crippen molar-refractivity contribution in [2.45, 2.75) is 32.7 Å². The number of rotatable bonds is 7. The molecule has 1 aromatic carbocycles. The number of ether oxygens (including phenoxy) is 2. The first-order chi connectivity index (χ1) is 13.9. The van der Waals surface area contributed by atoms with E-state index in [2.05, 4.69) is 0 Å². The highest BCUT2D eigenvalue weighted by atomic mass is 16.5. The minimum absolute atomic E-state index is 0.0103. The molecule has 1 aliphatic rings. The molecule has 0 radical (unpaired) electrons. The molecule has 0 saturated carbocycles. The molecule has 0 aliphatic carbocycles. The second-order valence-electron chi connectivity index (χ2n) is 6.86. The Balaban J connectivity index is 2.18. The molecule has 154 valence electrons. The van der Waals surface area contributed by atoms with Crippen LogP contribution in [0.3, 0.4) is 0 Å². The monoisotopic (exact) mass is 399 g/mol. The fourth-order valence-corrected chi connectivity index (χ4v) is 3.47. The number of aliphatic hydroxyl groups is 1. The van der Waals surface area contributed by atoms with E-state index < -0.39 is 17.7 Å². The Morgan fingerprint density at radius 1 is 1.17 bits per heavy atom. The van der Waals surface area contributed by atoms with Crippen LogP contribution in [-0.4, -0.2) is 42.5 Å². The average Bonchev–Trinajstić information content (AvgIpc) is 3.26. The zero-order chi connectivity index (χ0) is 21.1. The van der Waals surface area contributed by atoms with Crippen molar-refractivity contribution in [2.24, 2.45) is 0 Å². The maximum atomic E-state index is 12.9. The quantitative estimate of drug-likeness (QED) is 0.432. The van der Waals surface area contributed by atoms with Gasteiger partial charge in [-0.1, -0.05) is 13.3 Å². The number of unbranched alkanes of at least 4 members (excludes halogenated alkanes) is 1. The number of carbonyl (C=O) groups is 2. The summed E-state index contributed by atoms with van der Waals surface area (Å²) in [6, 6.07) is 7.55. The van der Waals surface area contributed by atoms with Crippen molar-refractivity contribution in [2.75, 3.05) is 20.8 Å². The van der Waals surface area contributed by atoms with E-state index in [0.29, 0.717) is 35.1 Å². The van der Waals surface area contributed by atoms with Gasteiger partial charge in [0, 0.05) is 12.6 Å². The van der Waals surface area contributed by atoms with Crippen LogP contribution in [0.15, 0.2) is 40.3 Å².